The van der Waals surface area contributed by atoms with Crippen molar-refractivity contribution in [2.45, 2.75) is 11.3 Å². The van der Waals surface area contributed by atoms with Crippen LogP contribution in [0.15, 0.2) is 29.2 Å². The fourth-order valence-electron chi connectivity index (χ4n) is 1.68. The molecule has 20 heavy (non-hydrogen) atoms. The van der Waals surface area contributed by atoms with Gasteiger partial charge in [-0.15, -0.1) is 0 Å². The Morgan fingerprint density at radius 1 is 1.10 bits per heavy atom. The number of hydrogen-bond acceptors (Lipinski definition) is 4. The molecular formula is C13H20N2O4S. The highest BCUT2D eigenvalue weighted by atomic mass is 32.2. The topological polar surface area (TPSA) is 77.9 Å². The molecule has 0 fully saturated rings. The average molecular weight is 300 g/mol. The Morgan fingerprint density at radius 2 is 1.65 bits per heavy atom. The molecule has 1 aromatic rings. The zero-order chi connectivity index (χ0) is 15.3. The molecule has 0 radical (unpaired) electrons. The number of rotatable bonds is 7. The number of carbonyl (C=O) groups is 1. The Labute approximate surface area is 119 Å². The minimum atomic E-state index is -3.56. The molecule has 1 rings (SSSR count). The van der Waals surface area contributed by atoms with Crippen LogP contribution >= 0.6 is 0 Å². The first-order chi connectivity index (χ1) is 9.25. The lowest BCUT2D eigenvalue weighted by atomic mass is 10.2. The number of hydrogen-bond donors (Lipinski definition) is 1. The van der Waals surface area contributed by atoms with Crippen LogP contribution in [0.1, 0.15) is 16.8 Å². The van der Waals surface area contributed by atoms with Gasteiger partial charge in [0.25, 0.3) is 0 Å². The highest BCUT2D eigenvalue weighted by Gasteiger charge is 2.20. The molecule has 0 saturated heterocycles. The molecule has 0 spiro atoms. The van der Waals surface area contributed by atoms with Gasteiger partial charge in [0.1, 0.15) is 0 Å². The minimum absolute atomic E-state index is 0.0687. The molecular weight excluding hydrogens is 280 g/mol. The van der Waals surface area contributed by atoms with Gasteiger partial charge in [-0.05, 0) is 51.3 Å². The van der Waals surface area contributed by atoms with Crippen LogP contribution in [0.5, 0.6) is 0 Å². The van der Waals surface area contributed by atoms with Crippen molar-refractivity contribution in [3.63, 3.8) is 0 Å². The van der Waals surface area contributed by atoms with Gasteiger partial charge in [-0.25, -0.2) is 17.5 Å². The van der Waals surface area contributed by atoms with E-state index in [9.17, 15) is 13.2 Å². The molecule has 0 unspecified atom stereocenters. The van der Waals surface area contributed by atoms with Gasteiger partial charge < -0.3 is 10.0 Å². The van der Waals surface area contributed by atoms with Gasteiger partial charge in [-0.3, -0.25) is 0 Å². The number of aromatic carboxylic acids is 1. The van der Waals surface area contributed by atoms with Crippen LogP contribution in [-0.4, -0.2) is 62.9 Å². The summed E-state index contributed by atoms with van der Waals surface area (Å²) < 4.78 is 25.8. The Bertz CT molecular complexity index is 552. The van der Waals surface area contributed by atoms with Gasteiger partial charge in [-0.1, -0.05) is 0 Å². The van der Waals surface area contributed by atoms with Crippen molar-refractivity contribution in [2.75, 3.05) is 34.2 Å². The van der Waals surface area contributed by atoms with E-state index in [1.54, 1.807) is 0 Å². The van der Waals surface area contributed by atoms with E-state index < -0.39 is 16.0 Å². The lowest BCUT2D eigenvalue weighted by molar-refractivity contribution is 0.0696. The second-order valence-corrected chi connectivity index (χ2v) is 6.86. The molecule has 0 saturated carbocycles. The highest BCUT2D eigenvalue weighted by molar-refractivity contribution is 7.89. The summed E-state index contributed by atoms with van der Waals surface area (Å²) in [5.74, 6) is -1.08. The maximum Gasteiger partial charge on any atom is 0.335 e. The van der Waals surface area contributed by atoms with Crippen molar-refractivity contribution < 1.29 is 18.3 Å². The molecule has 1 aromatic carbocycles. The van der Waals surface area contributed by atoms with Crippen LogP contribution in [0.4, 0.5) is 0 Å². The zero-order valence-corrected chi connectivity index (χ0v) is 12.7. The van der Waals surface area contributed by atoms with E-state index >= 15 is 0 Å². The Hall–Kier alpha value is -1.44. The van der Waals surface area contributed by atoms with Gasteiger partial charge in [0.2, 0.25) is 10.0 Å². The van der Waals surface area contributed by atoms with E-state index in [0.29, 0.717) is 6.54 Å². The lowest BCUT2D eigenvalue weighted by Crippen LogP contribution is -2.29. The van der Waals surface area contributed by atoms with Gasteiger partial charge in [0.15, 0.2) is 0 Å². The van der Waals surface area contributed by atoms with Gasteiger partial charge in [0, 0.05) is 13.6 Å². The van der Waals surface area contributed by atoms with Gasteiger partial charge in [0.05, 0.1) is 10.5 Å². The average Bonchev–Trinajstić information content (AvgIpc) is 2.38. The third kappa shape index (κ3) is 4.29. The standard InChI is InChI=1S/C13H20N2O4S/c1-14(2)9-4-10-15(3)20(18,19)12-7-5-11(6-8-12)13(16)17/h5-8H,4,9-10H2,1-3H3,(H,16,17). The molecule has 0 heterocycles. The van der Waals surface area contributed by atoms with Crippen LogP contribution in [0.25, 0.3) is 0 Å². The summed E-state index contributed by atoms with van der Waals surface area (Å²) in [5, 5.41) is 8.79. The Kier molecular flexibility index (Phi) is 5.67. The Balaban J connectivity index is 2.79. The van der Waals surface area contributed by atoms with E-state index in [1.807, 2.05) is 19.0 Å². The first-order valence-corrected chi connectivity index (χ1v) is 7.63. The van der Waals surface area contributed by atoms with Crippen molar-refractivity contribution in [3.05, 3.63) is 29.8 Å². The second-order valence-electron chi connectivity index (χ2n) is 4.81. The second kappa shape index (κ2) is 6.83. The van der Waals surface area contributed by atoms with Crippen LogP contribution in [0, 0.1) is 0 Å². The Morgan fingerprint density at radius 3 is 2.10 bits per heavy atom. The van der Waals surface area contributed by atoms with E-state index in [0.717, 1.165) is 13.0 Å². The van der Waals surface area contributed by atoms with E-state index in [4.69, 9.17) is 5.11 Å². The molecule has 0 atom stereocenters. The number of carboxylic acid groups (broad SMARTS) is 1. The largest absolute Gasteiger partial charge is 0.478 e. The predicted octanol–water partition coefficient (Wildman–Crippen LogP) is 0.957. The van der Waals surface area contributed by atoms with Crippen molar-refractivity contribution in [1.82, 2.24) is 9.21 Å². The number of benzene rings is 1. The number of nitrogens with zero attached hydrogens (tertiary/aromatic N) is 2. The first kappa shape index (κ1) is 16.6. The molecule has 0 aliphatic rings. The van der Waals surface area contributed by atoms with Gasteiger partial charge in [-0.2, -0.15) is 0 Å². The quantitative estimate of drug-likeness (QED) is 0.811. The third-order valence-electron chi connectivity index (χ3n) is 2.89. The van der Waals surface area contributed by atoms with E-state index in [-0.39, 0.29) is 10.5 Å². The SMILES string of the molecule is CN(C)CCCN(C)S(=O)(=O)c1ccc(C(=O)O)cc1. The molecule has 0 bridgehead atoms. The van der Waals surface area contributed by atoms with E-state index in [1.165, 1.54) is 35.6 Å². The summed E-state index contributed by atoms with van der Waals surface area (Å²) >= 11 is 0. The monoisotopic (exact) mass is 300 g/mol. The van der Waals surface area contributed by atoms with Crippen LogP contribution in [0.2, 0.25) is 0 Å². The normalized spacial score (nSPS) is 12.1. The molecule has 6 nitrogen and oxygen atoms in total. The summed E-state index contributed by atoms with van der Waals surface area (Å²) in [6.45, 7) is 1.22. The molecule has 0 aliphatic carbocycles. The smallest absolute Gasteiger partial charge is 0.335 e. The van der Waals surface area contributed by atoms with Crippen LogP contribution < -0.4 is 0 Å². The van der Waals surface area contributed by atoms with E-state index in [2.05, 4.69) is 0 Å². The predicted molar refractivity (Wildman–Crippen MR) is 76.4 cm³/mol. The molecule has 112 valence electrons. The molecule has 0 amide bonds. The summed E-state index contributed by atoms with van der Waals surface area (Å²) in [6, 6.07) is 5.23. The minimum Gasteiger partial charge on any atom is -0.478 e. The molecule has 1 N–H and O–H groups in total. The summed E-state index contributed by atoms with van der Waals surface area (Å²) in [5.41, 5.74) is 0.0687. The number of sulfonamides is 1. The van der Waals surface area contributed by atoms with Crippen molar-refractivity contribution in [2.24, 2.45) is 0 Å². The van der Waals surface area contributed by atoms with Gasteiger partial charge >= 0.3 is 5.97 Å². The van der Waals surface area contributed by atoms with Crippen molar-refractivity contribution in [3.8, 4) is 0 Å². The molecule has 0 aliphatic heterocycles. The fraction of sp³-hybridized carbons (Fsp3) is 0.462. The third-order valence-corrected chi connectivity index (χ3v) is 4.76. The fourth-order valence-corrected chi connectivity index (χ4v) is 2.89. The van der Waals surface area contributed by atoms with Crippen molar-refractivity contribution >= 4 is 16.0 Å². The van der Waals surface area contributed by atoms with Crippen LogP contribution in [-0.2, 0) is 10.0 Å². The zero-order valence-electron chi connectivity index (χ0n) is 11.9. The summed E-state index contributed by atoms with van der Waals surface area (Å²) in [4.78, 5) is 12.8. The van der Waals surface area contributed by atoms with Crippen molar-refractivity contribution in [1.29, 1.82) is 0 Å². The van der Waals surface area contributed by atoms with Crippen LogP contribution in [0.3, 0.4) is 0 Å². The number of carboxylic acids is 1. The lowest BCUT2D eigenvalue weighted by Gasteiger charge is -2.18. The molecule has 0 aromatic heterocycles. The summed E-state index contributed by atoms with van der Waals surface area (Å²) in [6.07, 6.45) is 0.732. The maximum atomic E-state index is 12.3. The molecule has 7 heteroatoms. The first-order valence-electron chi connectivity index (χ1n) is 6.19. The maximum absolute atomic E-state index is 12.3. The highest BCUT2D eigenvalue weighted by Crippen LogP contribution is 2.15. The summed E-state index contributed by atoms with van der Waals surface area (Å²) in [7, 11) is 1.83.